The zero-order valence-electron chi connectivity index (χ0n) is 10.5. The summed E-state index contributed by atoms with van der Waals surface area (Å²) >= 11 is 0. The monoisotopic (exact) mass is 306 g/mol. The number of rotatable bonds is 7. The molecule has 0 aliphatic carbocycles. The van der Waals surface area contributed by atoms with Gasteiger partial charge in [0.25, 0.3) is 9.84 Å². The third-order valence-electron chi connectivity index (χ3n) is 1.95. The van der Waals surface area contributed by atoms with Crippen molar-refractivity contribution in [3.05, 3.63) is 11.8 Å². The lowest BCUT2D eigenvalue weighted by Crippen LogP contribution is -2.37. The van der Waals surface area contributed by atoms with Crippen LogP contribution in [0, 0.1) is 0 Å². The van der Waals surface area contributed by atoms with Crippen LogP contribution in [-0.2, 0) is 18.7 Å². The summed E-state index contributed by atoms with van der Waals surface area (Å²) < 4.78 is 68.5. The lowest BCUT2D eigenvalue weighted by molar-refractivity contribution is -0.0432. The van der Waals surface area contributed by atoms with Crippen molar-refractivity contribution in [1.82, 2.24) is 0 Å². The molecule has 0 aromatic rings. The third-order valence-corrected chi connectivity index (χ3v) is 5.85. The first-order valence-electron chi connectivity index (χ1n) is 5.32. The Morgan fingerprint density at radius 3 is 1.94 bits per heavy atom. The van der Waals surface area contributed by atoms with Gasteiger partial charge in [-0.15, -0.1) is 0 Å². The average Bonchev–Trinajstić information content (AvgIpc) is 2.15. The molecule has 0 saturated carbocycles. The maximum atomic E-state index is 12.1. The van der Waals surface area contributed by atoms with Crippen LogP contribution in [0.1, 0.15) is 13.8 Å². The molecular formula is C9H17F3O4SSi. The van der Waals surface area contributed by atoms with Crippen LogP contribution in [0.2, 0.25) is 6.55 Å². The first-order valence-corrected chi connectivity index (χ1v) is 9.37. The molecule has 108 valence electrons. The summed E-state index contributed by atoms with van der Waals surface area (Å²) in [7, 11) is -7.85. The molecule has 0 aromatic carbocycles. The van der Waals surface area contributed by atoms with E-state index in [0.717, 1.165) is 6.08 Å². The summed E-state index contributed by atoms with van der Waals surface area (Å²) in [5, 5.41) is 0. The Labute approximate surface area is 106 Å². The van der Waals surface area contributed by atoms with Gasteiger partial charge < -0.3 is 8.85 Å². The minimum absolute atomic E-state index is 0.346. The van der Waals surface area contributed by atoms with E-state index in [0.29, 0.717) is 13.2 Å². The number of halogens is 3. The van der Waals surface area contributed by atoms with Crippen LogP contribution in [0.3, 0.4) is 0 Å². The van der Waals surface area contributed by atoms with Crippen LogP contribution in [-0.4, -0.2) is 41.5 Å². The van der Waals surface area contributed by atoms with E-state index in [1.807, 2.05) is 0 Å². The predicted molar refractivity (Wildman–Crippen MR) is 63.9 cm³/mol. The quantitative estimate of drug-likeness (QED) is 0.676. The summed E-state index contributed by atoms with van der Waals surface area (Å²) in [6.07, 6.45) is 0.945. The minimum Gasteiger partial charge on any atom is -0.392 e. The van der Waals surface area contributed by atoms with E-state index in [9.17, 15) is 21.6 Å². The van der Waals surface area contributed by atoms with Crippen molar-refractivity contribution >= 4 is 18.4 Å². The molecule has 0 radical (unpaired) electrons. The molecule has 0 spiro atoms. The molecule has 0 aliphatic rings. The van der Waals surface area contributed by atoms with Gasteiger partial charge in [0.05, 0.1) is 5.75 Å². The van der Waals surface area contributed by atoms with Gasteiger partial charge in [-0.1, -0.05) is 6.08 Å². The molecule has 0 aliphatic heterocycles. The van der Waals surface area contributed by atoms with Crippen LogP contribution in [0.4, 0.5) is 13.2 Å². The average molecular weight is 306 g/mol. The first-order chi connectivity index (χ1) is 8.08. The van der Waals surface area contributed by atoms with Gasteiger partial charge in [0.2, 0.25) is 0 Å². The van der Waals surface area contributed by atoms with Gasteiger partial charge >= 0.3 is 14.1 Å². The molecular weight excluding hydrogens is 289 g/mol. The number of alkyl halides is 3. The van der Waals surface area contributed by atoms with E-state index in [-0.39, 0.29) is 0 Å². The molecule has 0 saturated heterocycles. The second-order valence-electron chi connectivity index (χ2n) is 3.51. The normalized spacial score (nSPS) is 14.3. The van der Waals surface area contributed by atoms with Crippen molar-refractivity contribution in [2.45, 2.75) is 25.9 Å². The van der Waals surface area contributed by atoms with E-state index in [1.165, 1.54) is 5.70 Å². The van der Waals surface area contributed by atoms with Crippen molar-refractivity contribution in [1.29, 1.82) is 0 Å². The molecule has 18 heavy (non-hydrogen) atoms. The summed E-state index contributed by atoms with van der Waals surface area (Å²) in [4.78, 5) is 0. The maximum Gasteiger partial charge on any atom is 0.497 e. The van der Waals surface area contributed by atoms with E-state index >= 15 is 0 Å². The Morgan fingerprint density at radius 1 is 1.17 bits per heavy atom. The smallest absolute Gasteiger partial charge is 0.392 e. The lowest BCUT2D eigenvalue weighted by atomic mass is 10.8. The molecule has 0 unspecified atom stereocenters. The highest BCUT2D eigenvalue weighted by Crippen LogP contribution is 2.24. The van der Waals surface area contributed by atoms with Crippen molar-refractivity contribution in [2.75, 3.05) is 19.0 Å². The van der Waals surface area contributed by atoms with Gasteiger partial charge in [-0.05, 0) is 26.1 Å². The molecule has 0 fully saturated rings. The van der Waals surface area contributed by atoms with E-state index in [1.54, 1.807) is 20.4 Å². The fraction of sp³-hybridized carbons (Fsp3) is 0.778. The van der Waals surface area contributed by atoms with Crippen LogP contribution < -0.4 is 0 Å². The van der Waals surface area contributed by atoms with Crippen molar-refractivity contribution in [2.24, 2.45) is 0 Å². The summed E-state index contributed by atoms with van der Waals surface area (Å²) in [5.41, 5.74) is -3.92. The zero-order chi connectivity index (χ0) is 14.4. The molecule has 9 heteroatoms. The second kappa shape index (κ2) is 6.69. The minimum atomic E-state index is -5.23. The maximum absolute atomic E-state index is 12.1. The highest BCUT2D eigenvalue weighted by Gasteiger charge is 2.44. The fourth-order valence-electron chi connectivity index (χ4n) is 1.19. The van der Waals surface area contributed by atoms with Gasteiger partial charge in [0, 0.05) is 13.2 Å². The zero-order valence-corrected chi connectivity index (χ0v) is 12.3. The lowest BCUT2D eigenvalue weighted by Gasteiger charge is -2.22. The largest absolute Gasteiger partial charge is 0.497 e. The van der Waals surface area contributed by atoms with Gasteiger partial charge in [-0.3, -0.25) is 0 Å². The number of hydrogen-bond acceptors (Lipinski definition) is 4. The standard InChI is InChI=1S/C9H17F3O4SSi/c1-4-15-18(3,16-5-2)8-6-7-17(13,14)9(10,11)12/h6,8H,4-5,7H2,1-3H3/b8-6+. The van der Waals surface area contributed by atoms with Gasteiger partial charge in [0.1, 0.15) is 0 Å². The van der Waals surface area contributed by atoms with Crippen LogP contribution >= 0.6 is 0 Å². The highest BCUT2D eigenvalue weighted by atomic mass is 32.2. The Bertz CT molecular complexity index is 372. The summed E-state index contributed by atoms with van der Waals surface area (Å²) in [6.45, 7) is 5.78. The van der Waals surface area contributed by atoms with Crippen LogP contribution in [0.5, 0.6) is 0 Å². The van der Waals surface area contributed by atoms with Crippen molar-refractivity contribution in [3.8, 4) is 0 Å². The van der Waals surface area contributed by atoms with Crippen molar-refractivity contribution in [3.63, 3.8) is 0 Å². The van der Waals surface area contributed by atoms with Crippen LogP contribution in [0.15, 0.2) is 11.8 Å². The molecule has 0 bridgehead atoms. The van der Waals surface area contributed by atoms with E-state index in [4.69, 9.17) is 8.85 Å². The number of sulfone groups is 1. The summed E-state index contributed by atoms with van der Waals surface area (Å²) in [6, 6.07) is 0. The first kappa shape index (κ1) is 17.6. The highest BCUT2D eigenvalue weighted by molar-refractivity contribution is 7.92. The van der Waals surface area contributed by atoms with Gasteiger partial charge in [-0.25, -0.2) is 8.42 Å². The Hall–Kier alpha value is -0.383. The molecule has 0 heterocycles. The van der Waals surface area contributed by atoms with Crippen molar-refractivity contribution < 1.29 is 30.4 Å². The Kier molecular flexibility index (Phi) is 6.55. The fourth-order valence-corrected chi connectivity index (χ4v) is 3.87. The Morgan fingerprint density at radius 2 is 1.61 bits per heavy atom. The van der Waals surface area contributed by atoms with E-state index < -0.39 is 29.7 Å². The topological polar surface area (TPSA) is 52.6 Å². The second-order valence-corrected chi connectivity index (χ2v) is 8.48. The molecule has 0 amide bonds. The summed E-state index contributed by atoms with van der Waals surface area (Å²) in [5.74, 6) is -1.10. The van der Waals surface area contributed by atoms with E-state index in [2.05, 4.69) is 0 Å². The third kappa shape index (κ3) is 5.51. The SMILES string of the molecule is CCO[Si](C)(/C=C/CS(=O)(=O)C(F)(F)F)OCC. The predicted octanol–water partition coefficient (Wildman–Crippen LogP) is 2.16. The molecule has 4 nitrogen and oxygen atoms in total. The molecule has 0 atom stereocenters. The molecule has 0 rings (SSSR count). The van der Waals surface area contributed by atoms with Gasteiger partial charge in [0.15, 0.2) is 0 Å². The molecule has 0 N–H and O–H groups in total. The number of hydrogen-bond donors (Lipinski definition) is 0. The van der Waals surface area contributed by atoms with Gasteiger partial charge in [-0.2, -0.15) is 13.2 Å². The van der Waals surface area contributed by atoms with Crippen LogP contribution in [0.25, 0.3) is 0 Å². The molecule has 0 aromatic heterocycles. The Balaban J connectivity index is 4.73.